The van der Waals surface area contributed by atoms with E-state index in [2.05, 4.69) is 15.5 Å². The number of aromatic nitrogens is 4. The number of hydrogen-bond acceptors (Lipinski definition) is 5. The third-order valence-corrected chi connectivity index (χ3v) is 4.46. The Morgan fingerprint density at radius 3 is 2.92 bits per heavy atom. The molecule has 0 saturated carbocycles. The summed E-state index contributed by atoms with van der Waals surface area (Å²) in [6.07, 6.45) is 2.59. The van der Waals surface area contributed by atoms with Crippen molar-refractivity contribution >= 4 is 23.5 Å². The molecule has 0 N–H and O–H groups in total. The van der Waals surface area contributed by atoms with Crippen molar-refractivity contribution in [3.8, 4) is 0 Å². The monoisotopic (exact) mass is 326 g/mol. The molecule has 124 valence electrons. The maximum atomic E-state index is 12.7. The lowest BCUT2D eigenvalue weighted by molar-refractivity contribution is -0.118. The van der Waals surface area contributed by atoms with Crippen LogP contribution in [-0.4, -0.2) is 45.1 Å². The number of tetrazole rings is 1. The number of aryl methyl sites for hydroxylation is 1. The Morgan fingerprint density at radius 2 is 2.08 bits per heavy atom. The summed E-state index contributed by atoms with van der Waals surface area (Å²) in [7, 11) is 0. The number of carbonyl (C=O) groups is 2. The van der Waals surface area contributed by atoms with Gasteiger partial charge in [-0.05, 0) is 41.0 Å². The van der Waals surface area contributed by atoms with E-state index in [4.69, 9.17) is 0 Å². The van der Waals surface area contributed by atoms with Crippen molar-refractivity contribution in [2.24, 2.45) is 0 Å². The molecule has 1 fully saturated rings. The minimum atomic E-state index is -0.0318. The highest BCUT2D eigenvalue weighted by Crippen LogP contribution is 2.23. The van der Waals surface area contributed by atoms with Gasteiger partial charge >= 0.3 is 0 Å². The Labute approximate surface area is 139 Å². The highest BCUT2D eigenvalue weighted by molar-refractivity contribution is 5.96. The fraction of sp³-hybridized carbons (Fsp3) is 0.438. The molecule has 8 heteroatoms. The van der Waals surface area contributed by atoms with Crippen molar-refractivity contribution in [3.05, 3.63) is 29.8 Å². The quantitative estimate of drug-likeness (QED) is 0.832. The van der Waals surface area contributed by atoms with Crippen LogP contribution in [0.5, 0.6) is 0 Å². The van der Waals surface area contributed by atoms with Crippen LogP contribution in [-0.2, 0) is 22.6 Å². The van der Waals surface area contributed by atoms with E-state index >= 15 is 0 Å². The van der Waals surface area contributed by atoms with Crippen LogP contribution in [0.3, 0.4) is 0 Å². The predicted molar refractivity (Wildman–Crippen MR) is 86.5 cm³/mol. The van der Waals surface area contributed by atoms with Gasteiger partial charge in [0, 0.05) is 31.7 Å². The summed E-state index contributed by atoms with van der Waals surface area (Å²) in [5.74, 6) is 0.626. The van der Waals surface area contributed by atoms with Gasteiger partial charge in [-0.1, -0.05) is 17.2 Å². The van der Waals surface area contributed by atoms with Crippen molar-refractivity contribution < 1.29 is 9.59 Å². The molecule has 0 aliphatic carbocycles. The number of carbonyl (C=O) groups excluding carboxylic acids is 2. The largest absolute Gasteiger partial charge is 0.312 e. The average Bonchev–Trinajstić information content (AvgIpc) is 3.23. The zero-order valence-corrected chi connectivity index (χ0v) is 13.3. The molecule has 3 heterocycles. The van der Waals surface area contributed by atoms with Crippen molar-refractivity contribution in [1.82, 2.24) is 20.2 Å². The number of benzene rings is 1. The second-order valence-corrected chi connectivity index (χ2v) is 6.10. The van der Waals surface area contributed by atoms with Crippen LogP contribution in [0.1, 0.15) is 24.8 Å². The first kappa shape index (κ1) is 14.8. The Hall–Kier alpha value is -2.77. The Kier molecular flexibility index (Phi) is 3.72. The standard InChI is InChI=1S/C16H18N6O2/c23-14-6-2-7-20(14)13-5-1-4-12(10-13)11-15(24)21-8-3-9-22-16(21)17-18-19-22/h1,4-5,10H,2-3,6-9,11H2. The molecule has 24 heavy (non-hydrogen) atoms. The minimum Gasteiger partial charge on any atom is -0.312 e. The lowest BCUT2D eigenvalue weighted by atomic mass is 10.1. The summed E-state index contributed by atoms with van der Waals surface area (Å²) in [6, 6.07) is 7.64. The molecule has 2 aliphatic rings. The molecule has 4 rings (SSSR count). The first-order valence-corrected chi connectivity index (χ1v) is 8.18. The van der Waals surface area contributed by atoms with Gasteiger partial charge in [0.25, 0.3) is 5.95 Å². The van der Waals surface area contributed by atoms with Crippen LogP contribution in [0.25, 0.3) is 0 Å². The van der Waals surface area contributed by atoms with Crippen molar-refractivity contribution in [3.63, 3.8) is 0 Å². The normalized spacial score (nSPS) is 17.2. The van der Waals surface area contributed by atoms with Gasteiger partial charge in [-0.2, -0.15) is 0 Å². The van der Waals surface area contributed by atoms with E-state index < -0.39 is 0 Å². The summed E-state index contributed by atoms with van der Waals surface area (Å²) >= 11 is 0. The van der Waals surface area contributed by atoms with Gasteiger partial charge in [0.2, 0.25) is 11.8 Å². The van der Waals surface area contributed by atoms with E-state index in [-0.39, 0.29) is 18.2 Å². The smallest absolute Gasteiger partial charge is 0.252 e. The van der Waals surface area contributed by atoms with Crippen LogP contribution in [0, 0.1) is 0 Å². The molecule has 0 unspecified atom stereocenters. The maximum absolute atomic E-state index is 12.7. The molecule has 1 aromatic carbocycles. The lowest BCUT2D eigenvalue weighted by Gasteiger charge is -2.25. The summed E-state index contributed by atoms with van der Waals surface area (Å²) in [4.78, 5) is 28.0. The molecule has 8 nitrogen and oxygen atoms in total. The Bertz CT molecular complexity index is 786. The number of rotatable bonds is 3. The van der Waals surface area contributed by atoms with Gasteiger partial charge in [-0.3, -0.25) is 14.5 Å². The van der Waals surface area contributed by atoms with Gasteiger partial charge < -0.3 is 4.90 Å². The van der Waals surface area contributed by atoms with Gasteiger partial charge in [0.15, 0.2) is 0 Å². The van der Waals surface area contributed by atoms with E-state index in [0.717, 1.165) is 37.2 Å². The van der Waals surface area contributed by atoms with E-state index in [9.17, 15) is 9.59 Å². The topological polar surface area (TPSA) is 84.2 Å². The number of hydrogen-bond donors (Lipinski definition) is 0. The van der Waals surface area contributed by atoms with E-state index in [1.165, 1.54) is 0 Å². The molecule has 0 radical (unpaired) electrons. The molecule has 2 amide bonds. The Balaban J connectivity index is 1.52. The molecule has 1 saturated heterocycles. The van der Waals surface area contributed by atoms with Crippen LogP contribution >= 0.6 is 0 Å². The lowest BCUT2D eigenvalue weighted by Crippen LogP contribution is -2.39. The molecular weight excluding hydrogens is 308 g/mol. The highest BCUT2D eigenvalue weighted by Gasteiger charge is 2.26. The fourth-order valence-electron chi connectivity index (χ4n) is 3.28. The number of anilines is 2. The SMILES string of the molecule is O=C1CCCN1c1cccc(CC(=O)N2CCCn3nnnc32)c1. The summed E-state index contributed by atoms with van der Waals surface area (Å²) in [6.45, 7) is 2.11. The molecule has 2 aromatic rings. The number of nitrogens with zero attached hydrogens (tertiary/aromatic N) is 6. The van der Waals surface area contributed by atoms with Crippen molar-refractivity contribution in [1.29, 1.82) is 0 Å². The highest BCUT2D eigenvalue weighted by atomic mass is 16.2. The van der Waals surface area contributed by atoms with E-state index in [0.29, 0.717) is 18.9 Å². The van der Waals surface area contributed by atoms with Crippen molar-refractivity contribution in [2.45, 2.75) is 32.2 Å². The second kappa shape index (κ2) is 6.03. The molecule has 0 atom stereocenters. The summed E-state index contributed by atoms with van der Waals surface area (Å²) in [5, 5.41) is 11.5. The molecule has 0 bridgehead atoms. The fourth-order valence-corrected chi connectivity index (χ4v) is 3.28. The van der Waals surface area contributed by atoms with Crippen molar-refractivity contribution in [2.75, 3.05) is 22.9 Å². The molecule has 2 aliphatic heterocycles. The summed E-state index contributed by atoms with van der Waals surface area (Å²) in [5.41, 5.74) is 1.76. The zero-order valence-electron chi connectivity index (χ0n) is 13.3. The summed E-state index contributed by atoms with van der Waals surface area (Å²) < 4.78 is 1.65. The first-order chi connectivity index (χ1) is 11.7. The third kappa shape index (κ3) is 2.64. The predicted octanol–water partition coefficient (Wildman–Crippen LogP) is 0.779. The average molecular weight is 326 g/mol. The van der Waals surface area contributed by atoms with E-state index in [1.54, 1.807) is 14.5 Å². The van der Waals surface area contributed by atoms with Gasteiger partial charge in [0.05, 0.1) is 6.42 Å². The van der Waals surface area contributed by atoms with E-state index in [1.807, 2.05) is 24.3 Å². The van der Waals surface area contributed by atoms with Crippen LogP contribution < -0.4 is 9.80 Å². The molecular formula is C16H18N6O2. The first-order valence-electron chi connectivity index (χ1n) is 8.18. The number of amides is 2. The zero-order chi connectivity index (χ0) is 16.5. The van der Waals surface area contributed by atoms with Crippen LogP contribution in [0.2, 0.25) is 0 Å². The van der Waals surface area contributed by atoms with Crippen LogP contribution in [0.4, 0.5) is 11.6 Å². The molecule has 0 spiro atoms. The van der Waals surface area contributed by atoms with Gasteiger partial charge in [-0.15, -0.1) is 0 Å². The van der Waals surface area contributed by atoms with Gasteiger partial charge in [-0.25, -0.2) is 4.68 Å². The number of fused-ring (bicyclic) bond motifs is 1. The second-order valence-electron chi connectivity index (χ2n) is 6.10. The molecule has 1 aromatic heterocycles. The van der Waals surface area contributed by atoms with Crippen LogP contribution in [0.15, 0.2) is 24.3 Å². The third-order valence-electron chi connectivity index (χ3n) is 4.46. The van der Waals surface area contributed by atoms with Gasteiger partial charge in [0.1, 0.15) is 0 Å². The Morgan fingerprint density at radius 1 is 1.17 bits per heavy atom. The maximum Gasteiger partial charge on any atom is 0.252 e. The minimum absolute atomic E-state index is 0.0318.